The molecule has 1 N–H and O–H groups in total. The molecule has 1 atom stereocenters. The summed E-state index contributed by atoms with van der Waals surface area (Å²) in [7, 11) is 0. The van der Waals surface area contributed by atoms with Crippen molar-refractivity contribution in [2.45, 2.75) is 31.9 Å². The van der Waals surface area contributed by atoms with E-state index >= 15 is 0 Å². The molecule has 1 aromatic rings. The van der Waals surface area contributed by atoms with Gasteiger partial charge in [0.05, 0.1) is 19.3 Å². The molecule has 3 nitrogen and oxygen atoms in total. The predicted molar refractivity (Wildman–Crippen MR) is 77.7 cm³/mol. The maximum atomic E-state index is 6.05. The summed E-state index contributed by atoms with van der Waals surface area (Å²) in [5, 5.41) is 4.26. The van der Waals surface area contributed by atoms with Crippen molar-refractivity contribution in [3.05, 3.63) is 34.9 Å². The van der Waals surface area contributed by atoms with Crippen molar-refractivity contribution >= 4 is 11.6 Å². The number of nitrogens with one attached hydrogen (secondary N) is 1. The van der Waals surface area contributed by atoms with E-state index in [1.807, 2.05) is 25.1 Å². The second-order valence-corrected chi connectivity index (χ2v) is 5.23. The minimum absolute atomic E-state index is 0.0414. The summed E-state index contributed by atoms with van der Waals surface area (Å²) in [5.41, 5.74) is 1.12. The second-order valence-electron chi connectivity index (χ2n) is 4.79. The fourth-order valence-corrected chi connectivity index (χ4v) is 2.13. The molecule has 0 aliphatic heterocycles. The maximum absolute atomic E-state index is 6.05. The standard InChI is InChI=1S/C15H22ClNO2/c1-2-18-8-9-19-15(11-17-14-6-7-14)12-4-3-5-13(16)10-12/h3-5,10,14-15,17H,2,6-9,11H2,1H3. The summed E-state index contributed by atoms with van der Waals surface area (Å²) in [6, 6.07) is 8.56. The van der Waals surface area contributed by atoms with Gasteiger partial charge in [-0.2, -0.15) is 0 Å². The molecule has 1 unspecified atom stereocenters. The van der Waals surface area contributed by atoms with Crippen LogP contribution >= 0.6 is 11.6 Å². The van der Waals surface area contributed by atoms with Gasteiger partial charge < -0.3 is 14.8 Å². The highest BCUT2D eigenvalue weighted by molar-refractivity contribution is 6.30. The van der Waals surface area contributed by atoms with Crippen LogP contribution in [0.25, 0.3) is 0 Å². The number of halogens is 1. The van der Waals surface area contributed by atoms with E-state index in [0.717, 1.165) is 23.7 Å². The Morgan fingerprint density at radius 3 is 2.89 bits per heavy atom. The summed E-state index contributed by atoms with van der Waals surface area (Å²) in [6.07, 6.45) is 2.60. The lowest BCUT2D eigenvalue weighted by molar-refractivity contribution is 0.00672. The van der Waals surface area contributed by atoms with E-state index in [9.17, 15) is 0 Å². The van der Waals surface area contributed by atoms with Gasteiger partial charge in [-0.1, -0.05) is 23.7 Å². The van der Waals surface area contributed by atoms with Crippen LogP contribution in [0.2, 0.25) is 5.02 Å². The minimum atomic E-state index is 0.0414. The lowest BCUT2D eigenvalue weighted by atomic mass is 10.1. The number of benzene rings is 1. The molecule has 0 heterocycles. The highest BCUT2D eigenvalue weighted by Gasteiger charge is 2.22. The van der Waals surface area contributed by atoms with Gasteiger partial charge in [0.15, 0.2) is 0 Å². The molecule has 2 rings (SSSR count). The summed E-state index contributed by atoms with van der Waals surface area (Å²) in [4.78, 5) is 0. The third kappa shape index (κ3) is 5.49. The van der Waals surface area contributed by atoms with Gasteiger partial charge in [-0.05, 0) is 37.5 Å². The zero-order valence-corrected chi connectivity index (χ0v) is 12.2. The van der Waals surface area contributed by atoms with Gasteiger partial charge >= 0.3 is 0 Å². The lowest BCUT2D eigenvalue weighted by Crippen LogP contribution is -2.26. The molecule has 1 aromatic carbocycles. The Balaban J connectivity index is 1.87. The van der Waals surface area contributed by atoms with Crippen molar-refractivity contribution in [1.82, 2.24) is 5.32 Å². The van der Waals surface area contributed by atoms with Gasteiger partial charge in [-0.15, -0.1) is 0 Å². The Morgan fingerprint density at radius 2 is 2.21 bits per heavy atom. The zero-order chi connectivity index (χ0) is 13.5. The Kier molecular flexibility index (Phi) is 6.11. The van der Waals surface area contributed by atoms with Gasteiger partial charge in [0, 0.05) is 24.2 Å². The topological polar surface area (TPSA) is 30.5 Å². The van der Waals surface area contributed by atoms with Gasteiger partial charge in [-0.3, -0.25) is 0 Å². The van der Waals surface area contributed by atoms with Crippen LogP contribution < -0.4 is 5.32 Å². The molecule has 106 valence electrons. The summed E-state index contributed by atoms with van der Waals surface area (Å²) >= 11 is 6.05. The van der Waals surface area contributed by atoms with Crippen molar-refractivity contribution < 1.29 is 9.47 Å². The normalized spacial score (nSPS) is 16.5. The fourth-order valence-electron chi connectivity index (χ4n) is 1.93. The third-order valence-corrected chi connectivity index (χ3v) is 3.38. The van der Waals surface area contributed by atoms with Crippen molar-refractivity contribution in [3.8, 4) is 0 Å². The molecule has 0 spiro atoms. The molecular formula is C15H22ClNO2. The van der Waals surface area contributed by atoms with Crippen LogP contribution in [0.1, 0.15) is 31.4 Å². The maximum Gasteiger partial charge on any atom is 0.0950 e. The molecule has 4 heteroatoms. The van der Waals surface area contributed by atoms with Crippen molar-refractivity contribution in [2.24, 2.45) is 0 Å². The van der Waals surface area contributed by atoms with E-state index < -0.39 is 0 Å². The van der Waals surface area contributed by atoms with Crippen LogP contribution in [0, 0.1) is 0 Å². The Morgan fingerprint density at radius 1 is 1.37 bits per heavy atom. The van der Waals surface area contributed by atoms with E-state index in [0.29, 0.717) is 19.3 Å². The van der Waals surface area contributed by atoms with Crippen molar-refractivity contribution in [3.63, 3.8) is 0 Å². The van der Waals surface area contributed by atoms with E-state index in [1.165, 1.54) is 12.8 Å². The van der Waals surface area contributed by atoms with Crippen LogP contribution in [0.15, 0.2) is 24.3 Å². The number of hydrogen-bond acceptors (Lipinski definition) is 3. The molecule has 19 heavy (non-hydrogen) atoms. The first-order chi connectivity index (χ1) is 9.29. The van der Waals surface area contributed by atoms with E-state index in [-0.39, 0.29) is 6.10 Å². The first-order valence-corrected chi connectivity index (χ1v) is 7.35. The monoisotopic (exact) mass is 283 g/mol. The first kappa shape index (κ1) is 14.8. The molecule has 1 saturated carbocycles. The molecule has 1 fully saturated rings. The summed E-state index contributed by atoms with van der Waals surface area (Å²) in [5.74, 6) is 0. The fraction of sp³-hybridized carbons (Fsp3) is 0.600. The smallest absolute Gasteiger partial charge is 0.0950 e. The molecule has 1 aliphatic carbocycles. The van der Waals surface area contributed by atoms with Crippen LogP contribution in [0.4, 0.5) is 0 Å². The lowest BCUT2D eigenvalue weighted by Gasteiger charge is -2.19. The van der Waals surface area contributed by atoms with E-state index in [2.05, 4.69) is 11.4 Å². The predicted octanol–water partition coefficient (Wildman–Crippen LogP) is 3.19. The van der Waals surface area contributed by atoms with Crippen molar-refractivity contribution in [2.75, 3.05) is 26.4 Å². The van der Waals surface area contributed by atoms with Crippen molar-refractivity contribution in [1.29, 1.82) is 0 Å². The largest absolute Gasteiger partial charge is 0.379 e. The molecule has 0 amide bonds. The van der Waals surface area contributed by atoms with Crippen LogP contribution in [0.3, 0.4) is 0 Å². The van der Waals surface area contributed by atoms with E-state index in [4.69, 9.17) is 21.1 Å². The number of rotatable bonds is 9. The number of ether oxygens (including phenoxy) is 2. The molecule has 0 aromatic heterocycles. The minimum Gasteiger partial charge on any atom is -0.379 e. The average molecular weight is 284 g/mol. The van der Waals surface area contributed by atoms with Crippen LogP contribution in [-0.4, -0.2) is 32.4 Å². The average Bonchev–Trinajstić information content (AvgIpc) is 3.22. The van der Waals surface area contributed by atoms with Crippen LogP contribution in [0.5, 0.6) is 0 Å². The molecule has 0 radical (unpaired) electrons. The van der Waals surface area contributed by atoms with E-state index in [1.54, 1.807) is 0 Å². The highest BCUT2D eigenvalue weighted by atomic mass is 35.5. The molecule has 1 aliphatic rings. The highest BCUT2D eigenvalue weighted by Crippen LogP contribution is 2.23. The molecule has 0 saturated heterocycles. The summed E-state index contributed by atoms with van der Waals surface area (Å²) < 4.78 is 11.2. The first-order valence-electron chi connectivity index (χ1n) is 6.97. The Hall–Kier alpha value is -0.610. The summed E-state index contributed by atoms with van der Waals surface area (Å²) in [6.45, 7) is 4.79. The van der Waals surface area contributed by atoms with Gasteiger partial charge in [0.25, 0.3) is 0 Å². The second kappa shape index (κ2) is 7.85. The Labute approximate surface area is 120 Å². The Bertz CT molecular complexity index is 382. The van der Waals surface area contributed by atoms with Gasteiger partial charge in [-0.25, -0.2) is 0 Å². The molecular weight excluding hydrogens is 262 g/mol. The number of hydrogen-bond donors (Lipinski definition) is 1. The van der Waals surface area contributed by atoms with Gasteiger partial charge in [0.2, 0.25) is 0 Å². The zero-order valence-electron chi connectivity index (χ0n) is 11.4. The van der Waals surface area contributed by atoms with Crippen LogP contribution in [-0.2, 0) is 9.47 Å². The van der Waals surface area contributed by atoms with Gasteiger partial charge in [0.1, 0.15) is 0 Å². The molecule has 0 bridgehead atoms. The third-order valence-electron chi connectivity index (χ3n) is 3.14. The quantitative estimate of drug-likeness (QED) is 0.706. The SMILES string of the molecule is CCOCCOC(CNC1CC1)c1cccc(Cl)c1.